The first-order valence-electron chi connectivity index (χ1n) is 5.60. The highest BCUT2D eigenvalue weighted by atomic mass is 16.6. The lowest BCUT2D eigenvalue weighted by Gasteiger charge is -2.25. The van der Waals surface area contributed by atoms with Gasteiger partial charge in [-0.25, -0.2) is 19.5 Å². The molecule has 19 heavy (non-hydrogen) atoms. The molecule has 0 bridgehead atoms. The molecule has 3 amide bonds. The van der Waals surface area contributed by atoms with E-state index < -0.39 is 24.1 Å². The second-order valence-corrected chi connectivity index (χ2v) is 3.91. The molecule has 0 aromatic carbocycles. The summed E-state index contributed by atoms with van der Waals surface area (Å²) in [6, 6.07) is -0.822. The minimum absolute atomic E-state index is 0.137. The summed E-state index contributed by atoms with van der Waals surface area (Å²) < 4.78 is 4.94. The zero-order valence-electron chi connectivity index (χ0n) is 11.6. The normalized spacial score (nSPS) is 11.8. The van der Waals surface area contributed by atoms with E-state index in [1.165, 1.54) is 33.9 Å². The van der Waals surface area contributed by atoms with E-state index in [1.807, 2.05) is 0 Å². The smallest absolute Gasteiger partial charge is 0.353 e. The Kier molecular flexibility index (Phi) is 6.40. The molecule has 0 saturated carbocycles. The molecule has 0 aliphatic carbocycles. The molecule has 0 N–H and O–H groups in total. The van der Waals surface area contributed by atoms with Gasteiger partial charge in [-0.3, -0.25) is 4.79 Å². The molecule has 104 valence electrons. The van der Waals surface area contributed by atoms with Crippen molar-refractivity contribution in [3.63, 3.8) is 0 Å². The SMILES string of the molecule is C=C(C)C(=O)OC(C)N(C(=O)N=CC)C(=O)C(=C)C. The second-order valence-electron chi connectivity index (χ2n) is 3.91. The summed E-state index contributed by atoms with van der Waals surface area (Å²) in [6.07, 6.45) is 0.151. The highest BCUT2D eigenvalue weighted by molar-refractivity contribution is 6.04. The van der Waals surface area contributed by atoms with Gasteiger partial charge in [0, 0.05) is 17.4 Å². The Hall–Kier alpha value is -2.24. The number of nitrogens with zero attached hydrogens (tertiary/aromatic N) is 2. The lowest BCUT2D eigenvalue weighted by molar-refractivity contribution is -0.153. The number of aliphatic imine (C=N–C) groups is 1. The van der Waals surface area contributed by atoms with E-state index in [1.54, 1.807) is 0 Å². The fraction of sp³-hybridized carbons (Fsp3) is 0.385. The van der Waals surface area contributed by atoms with Crippen LogP contribution in [-0.4, -0.2) is 35.3 Å². The van der Waals surface area contributed by atoms with Crippen molar-refractivity contribution in [1.82, 2.24) is 4.90 Å². The average Bonchev–Trinajstić information content (AvgIpc) is 2.28. The van der Waals surface area contributed by atoms with Crippen molar-refractivity contribution in [3.05, 3.63) is 24.3 Å². The van der Waals surface area contributed by atoms with E-state index in [0.29, 0.717) is 0 Å². The maximum atomic E-state index is 11.9. The minimum Gasteiger partial charge on any atom is -0.438 e. The number of imide groups is 1. The van der Waals surface area contributed by atoms with Gasteiger partial charge in [-0.1, -0.05) is 13.2 Å². The third-order valence-corrected chi connectivity index (χ3v) is 2.02. The van der Waals surface area contributed by atoms with Crippen LogP contribution < -0.4 is 0 Å². The predicted octanol–water partition coefficient (Wildman–Crippen LogP) is 2.07. The summed E-state index contributed by atoms with van der Waals surface area (Å²) in [5, 5.41) is 0. The number of urea groups is 1. The van der Waals surface area contributed by atoms with E-state index in [9.17, 15) is 14.4 Å². The molecule has 1 atom stereocenters. The van der Waals surface area contributed by atoms with Crippen molar-refractivity contribution < 1.29 is 19.1 Å². The van der Waals surface area contributed by atoms with Crippen LogP contribution in [0, 0.1) is 0 Å². The van der Waals surface area contributed by atoms with E-state index in [2.05, 4.69) is 18.2 Å². The van der Waals surface area contributed by atoms with Gasteiger partial charge in [0.05, 0.1) is 0 Å². The topological polar surface area (TPSA) is 76.0 Å². The van der Waals surface area contributed by atoms with Crippen molar-refractivity contribution in [3.8, 4) is 0 Å². The summed E-state index contributed by atoms with van der Waals surface area (Å²) in [6.45, 7) is 12.7. The quantitative estimate of drug-likeness (QED) is 0.338. The first-order chi connectivity index (χ1) is 8.72. The number of hydrogen-bond acceptors (Lipinski definition) is 4. The zero-order chi connectivity index (χ0) is 15.2. The Balaban J connectivity index is 5.19. The predicted molar refractivity (Wildman–Crippen MR) is 71.6 cm³/mol. The van der Waals surface area contributed by atoms with Crippen molar-refractivity contribution in [2.24, 2.45) is 4.99 Å². The molecule has 0 aliphatic rings. The molecule has 0 radical (unpaired) electrons. The van der Waals surface area contributed by atoms with Gasteiger partial charge in [-0.2, -0.15) is 0 Å². The molecule has 6 heteroatoms. The van der Waals surface area contributed by atoms with Crippen LogP contribution in [0.1, 0.15) is 27.7 Å². The second kappa shape index (κ2) is 7.25. The van der Waals surface area contributed by atoms with Gasteiger partial charge >= 0.3 is 12.0 Å². The van der Waals surface area contributed by atoms with Crippen LogP contribution >= 0.6 is 0 Å². The van der Waals surface area contributed by atoms with Gasteiger partial charge in [-0.05, 0) is 27.7 Å². The number of amides is 3. The summed E-state index contributed by atoms with van der Waals surface area (Å²) >= 11 is 0. The van der Waals surface area contributed by atoms with Crippen molar-refractivity contribution in [2.75, 3.05) is 0 Å². The molecule has 0 aromatic rings. The molecular formula is C13H18N2O4. The van der Waals surface area contributed by atoms with E-state index >= 15 is 0 Å². The maximum absolute atomic E-state index is 11.9. The first kappa shape index (κ1) is 16.8. The molecule has 1 unspecified atom stereocenters. The number of ether oxygens (including phenoxy) is 1. The molecular weight excluding hydrogens is 248 g/mol. The molecule has 6 nitrogen and oxygen atoms in total. The van der Waals surface area contributed by atoms with Crippen LogP contribution in [0.3, 0.4) is 0 Å². The Bertz CT molecular complexity index is 452. The van der Waals surface area contributed by atoms with E-state index in [4.69, 9.17) is 4.74 Å². The van der Waals surface area contributed by atoms with Gasteiger partial charge < -0.3 is 4.74 Å². The third-order valence-electron chi connectivity index (χ3n) is 2.02. The molecule has 0 rings (SSSR count). The van der Waals surface area contributed by atoms with Crippen molar-refractivity contribution >= 4 is 24.1 Å². The van der Waals surface area contributed by atoms with Crippen LogP contribution in [0.2, 0.25) is 0 Å². The summed E-state index contributed by atoms with van der Waals surface area (Å²) in [5.74, 6) is -1.35. The minimum atomic E-state index is -1.09. The van der Waals surface area contributed by atoms with Gasteiger partial charge in [0.2, 0.25) is 0 Å². The number of carbonyl (C=O) groups excluding carboxylic acids is 3. The van der Waals surface area contributed by atoms with E-state index in [0.717, 1.165) is 4.90 Å². The van der Waals surface area contributed by atoms with Crippen LogP contribution in [0.15, 0.2) is 29.3 Å². The van der Waals surface area contributed by atoms with Gasteiger partial charge in [0.25, 0.3) is 5.91 Å². The Morgan fingerprint density at radius 1 is 1.21 bits per heavy atom. The average molecular weight is 266 g/mol. The summed E-state index contributed by atoms with van der Waals surface area (Å²) in [7, 11) is 0. The molecule has 0 spiro atoms. The molecule has 0 saturated heterocycles. The zero-order valence-corrected chi connectivity index (χ0v) is 11.6. The lowest BCUT2D eigenvalue weighted by atomic mass is 10.3. The Morgan fingerprint density at radius 2 is 1.74 bits per heavy atom. The molecule has 0 aliphatic heterocycles. The van der Waals surface area contributed by atoms with Gasteiger partial charge in [-0.15, -0.1) is 0 Å². The fourth-order valence-corrected chi connectivity index (χ4v) is 1.09. The number of carbonyl (C=O) groups is 3. The van der Waals surface area contributed by atoms with E-state index in [-0.39, 0.29) is 11.1 Å². The van der Waals surface area contributed by atoms with Gasteiger partial charge in [0.1, 0.15) is 0 Å². The standard InChI is InChI=1S/C13H18N2O4/c1-7-14-13(18)15(11(16)8(2)3)10(6)19-12(17)9(4)5/h7,10H,2,4H2,1,3,5-6H3. The fourth-order valence-electron chi connectivity index (χ4n) is 1.09. The van der Waals surface area contributed by atoms with Crippen LogP contribution in [0.4, 0.5) is 4.79 Å². The summed E-state index contributed by atoms with van der Waals surface area (Å²) in [4.78, 5) is 39.2. The number of rotatable bonds is 4. The lowest BCUT2D eigenvalue weighted by Crippen LogP contribution is -2.44. The highest BCUT2D eigenvalue weighted by Crippen LogP contribution is 2.10. The molecule has 0 aromatic heterocycles. The van der Waals surface area contributed by atoms with Gasteiger partial charge in [0.15, 0.2) is 6.23 Å². The maximum Gasteiger partial charge on any atom is 0.353 e. The number of hydrogen-bond donors (Lipinski definition) is 0. The monoisotopic (exact) mass is 266 g/mol. The Labute approximate surface area is 112 Å². The first-order valence-corrected chi connectivity index (χ1v) is 5.60. The number of esters is 1. The summed E-state index contributed by atoms with van der Waals surface area (Å²) in [5.41, 5.74) is 0.305. The van der Waals surface area contributed by atoms with Crippen LogP contribution in [0.5, 0.6) is 0 Å². The van der Waals surface area contributed by atoms with Crippen LogP contribution in [0.25, 0.3) is 0 Å². The van der Waals surface area contributed by atoms with Crippen molar-refractivity contribution in [1.29, 1.82) is 0 Å². The Morgan fingerprint density at radius 3 is 2.11 bits per heavy atom. The van der Waals surface area contributed by atoms with Crippen molar-refractivity contribution in [2.45, 2.75) is 33.9 Å². The highest BCUT2D eigenvalue weighted by Gasteiger charge is 2.29. The largest absolute Gasteiger partial charge is 0.438 e. The molecule has 0 fully saturated rings. The third kappa shape index (κ3) is 4.87. The molecule has 0 heterocycles. The van der Waals surface area contributed by atoms with Crippen LogP contribution in [-0.2, 0) is 14.3 Å².